The van der Waals surface area contributed by atoms with Crippen LogP contribution in [-0.2, 0) is 0 Å². The second-order valence-electron chi connectivity index (χ2n) is 3.84. The minimum Gasteiger partial charge on any atom is -0.300 e. The van der Waals surface area contributed by atoms with Gasteiger partial charge in [0, 0.05) is 12.1 Å². The summed E-state index contributed by atoms with van der Waals surface area (Å²) in [5.74, 6) is 0. The fourth-order valence-corrected chi connectivity index (χ4v) is 3.59. The van der Waals surface area contributed by atoms with Gasteiger partial charge in [-0.2, -0.15) is 5.53 Å². The highest BCUT2D eigenvalue weighted by atomic mass is 32.2. The molecule has 0 spiro atoms. The highest BCUT2D eigenvalue weighted by Crippen LogP contribution is 2.30. The molecule has 2 saturated heterocycles. The van der Waals surface area contributed by atoms with Crippen LogP contribution in [0.4, 0.5) is 0 Å². The summed E-state index contributed by atoms with van der Waals surface area (Å²) in [5.41, 5.74) is 9.59. The van der Waals surface area contributed by atoms with Crippen LogP contribution in [0.2, 0.25) is 0 Å². The Hall–Kier alpha value is 0.150. The van der Waals surface area contributed by atoms with Crippen LogP contribution in [0.25, 0.3) is 0 Å². The topological polar surface area (TPSA) is 60.1 Å². The van der Waals surface area contributed by atoms with E-state index in [-0.39, 0.29) is 0 Å². The van der Waals surface area contributed by atoms with Crippen LogP contribution in [0.3, 0.4) is 0 Å². The van der Waals surface area contributed by atoms with Crippen molar-refractivity contribution in [2.75, 3.05) is 6.67 Å². The number of hydrogen-bond acceptors (Lipinski definition) is 6. The quantitative estimate of drug-likeness (QED) is 0.313. The molecular weight excluding hydrogens is 186 g/mol. The summed E-state index contributed by atoms with van der Waals surface area (Å²) in [7, 11) is 0. The first-order valence-corrected chi connectivity index (χ1v) is 5.71. The van der Waals surface area contributed by atoms with Crippen molar-refractivity contribution in [2.24, 2.45) is 0 Å². The number of rotatable bonds is 0. The average Bonchev–Trinajstić information content (AvgIpc) is 2.65. The molecule has 6 heteroatoms. The molecule has 0 aromatic rings. The zero-order valence-electron chi connectivity index (χ0n) is 7.34. The molecule has 0 amide bonds. The Bertz CT molecular complexity index is 201. The van der Waals surface area contributed by atoms with Gasteiger partial charge in [-0.15, -0.1) is 0 Å². The van der Waals surface area contributed by atoms with Gasteiger partial charge in [0.1, 0.15) is 0 Å². The van der Waals surface area contributed by atoms with E-state index in [9.17, 15) is 0 Å². The third kappa shape index (κ3) is 1.38. The van der Waals surface area contributed by atoms with Crippen molar-refractivity contribution >= 4 is 11.9 Å². The van der Waals surface area contributed by atoms with Crippen molar-refractivity contribution in [3.8, 4) is 0 Å². The molecule has 1 aliphatic carbocycles. The first-order chi connectivity index (χ1) is 6.45. The monoisotopic (exact) mass is 201 g/mol. The summed E-state index contributed by atoms with van der Waals surface area (Å²) in [6.45, 7) is 0.935. The standard InChI is InChI=1S/C7H15N5S/c1-2-5-7(13-9-3-8-5)6-4(1)10-12-11-6/h4-12H,1-3H2. The lowest BCUT2D eigenvalue weighted by Crippen LogP contribution is -2.60. The van der Waals surface area contributed by atoms with Gasteiger partial charge < -0.3 is 0 Å². The highest BCUT2D eigenvalue weighted by Gasteiger charge is 2.43. The third-order valence-corrected chi connectivity index (χ3v) is 4.33. The molecule has 0 aromatic carbocycles. The van der Waals surface area contributed by atoms with Crippen molar-refractivity contribution in [1.29, 1.82) is 0 Å². The number of hydrogen-bond donors (Lipinski definition) is 5. The van der Waals surface area contributed by atoms with Gasteiger partial charge in [0.15, 0.2) is 0 Å². The Morgan fingerprint density at radius 1 is 1.08 bits per heavy atom. The van der Waals surface area contributed by atoms with Crippen LogP contribution in [0.5, 0.6) is 0 Å². The Morgan fingerprint density at radius 2 is 2.00 bits per heavy atom. The third-order valence-electron chi connectivity index (χ3n) is 3.12. The van der Waals surface area contributed by atoms with E-state index in [4.69, 9.17) is 0 Å². The number of hydrazine groups is 2. The molecule has 1 saturated carbocycles. The molecule has 0 aromatic heterocycles. The fourth-order valence-electron chi connectivity index (χ4n) is 2.43. The van der Waals surface area contributed by atoms with E-state index < -0.39 is 0 Å². The molecule has 0 bridgehead atoms. The largest absolute Gasteiger partial charge is 0.300 e. The van der Waals surface area contributed by atoms with Crippen molar-refractivity contribution in [1.82, 2.24) is 26.4 Å². The van der Waals surface area contributed by atoms with E-state index in [1.54, 1.807) is 0 Å². The Balaban J connectivity index is 1.77. The van der Waals surface area contributed by atoms with E-state index in [0.717, 1.165) is 6.67 Å². The molecule has 3 fully saturated rings. The van der Waals surface area contributed by atoms with E-state index in [0.29, 0.717) is 23.4 Å². The molecule has 74 valence electrons. The number of fused-ring (bicyclic) bond motifs is 3. The van der Waals surface area contributed by atoms with Crippen LogP contribution in [0, 0.1) is 0 Å². The number of nitrogens with one attached hydrogen (secondary N) is 5. The molecule has 13 heavy (non-hydrogen) atoms. The lowest BCUT2D eigenvalue weighted by atomic mass is 9.87. The molecule has 2 aliphatic heterocycles. The normalized spacial score (nSPS) is 49.8. The fraction of sp³-hybridized carbons (Fsp3) is 1.00. The Kier molecular flexibility index (Phi) is 2.20. The first-order valence-electron chi connectivity index (χ1n) is 4.83. The maximum Gasteiger partial charge on any atom is 0.0554 e. The predicted molar refractivity (Wildman–Crippen MR) is 52.5 cm³/mol. The SMILES string of the molecule is C1NSC2C(CCC3NNNC32)N1. The van der Waals surface area contributed by atoms with E-state index in [1.165, 1.54) is 12.8 Å². The lowest BCUT2D eigenvalue weighted by Gasteiger charge is -2.41. The molecule has 0 radical (unpaired) electrons. The summed E-state index contributed by atoms with van der Waals surface area (Å²) in [5, 5.41) is 4.14. The molecule has 3 aliphatic rings. The molecular formula is C7H15N5S. The van der Waals surface area contributed by atoms with Crippen LogP contribution in [-0.4, -0.2) is 30.0 Å². The van der Waals surface area contributed by atoms with Gasteiger partial charge in [-0.05, 0) is 12.8 Å². The van der Waals surface area contributed by atoms with Crippen LogP contribution in [0.1, 0.15) is 12.8 Å². The summed E-state index contributed by atoms with van der Waals surface area (Å²) < 4.78 is 3.31. The Labute approximate surface area is 81.9 Å². The maximum atomic E-state index is 3.51. The van der Waals surface area contributed by atoms with E-state index in [1.807, 2.05) is 11.9 Å². The van der Waals surface area contributed by atoms with Gasteiger partial charge in [0.25, 0.3) is 0 Å². The second kappa shape index (κ2) is 3.38. The zero-order valence-corrected chi connectivity index (χ0v) is 8.16. The van der Waals surface area contributed by atoms with Crippen molar-refractivity contribution in [3.63, 3.8) is 0 Å². The van der Waals surface area contributed by atoms with Crippen LogP contribution in [0.15, 0.2) is 0 Å². The smallest absolute Gasteiger partial charge is 0.0554 e. The van der Waals surface area contributed by atoms with Gasteiger partial charge in [0.05, 0.1) is 18.0 Å². The lowest BCUT2D eigenvalue weighted by molar-refractivity contribution is 0.301. The van der Waals surface area contributed by atoms with Crippen molar-refractivity contribution < 1.29 is 0 Å². The zero-order chi connectivity index (χ0) is 8.67. The van der Waals surface area contributed by atoms with Gasteiger partial charge in [-0.3, -0.25) is 10.0 Å². The molecule has 5 nitrogen and oxygen atoms in total. The van der Waals surface area contributed by atoms with Gasteiger partial charge in [-0.1, -0.05) is 11.9 Å². The molecule has 2 heterocycles. The summed E-state index contributed by atoms with van der Waals surface area (Å²) in [4.78, 5) is 0. The predicted octanol–water partition coefficient (Wildman–Crippen LogP) is -1.33. The Morgan fingerprint density at radius 3 is 3.00 bits per heavy atom. The first kappa shape index (κ1) is 8.46. The van der Waals surface area contributed by atoms with Crippen molar-refractivity contribution in [3.05, 3.63) is 0 Å². The molecule has 4 unspecified atom stereocenters. The maximum absolute atomic E-state index is 3.51. The highest BCUT2D eigenvalue weighted by molar-refractivity contribution is 7.98. The minimum atomic E-state index is 0.545. The summed E-state index contributed by atoms with van der Waals surface area (Å²) >= 11 is 1.87. The minimum absolute atomic E-state index is 0.545. The molecule has 3 rings (SSSR count). The van der Waals surface area contributed by atoms with Gasteiger partial charge in [0.2, 0.25) is 0 Å². The average molecular weight is 201 g/mol. The van der Waals surface area contributed by atoms with Gasteiger partial charge in [-0.25, -0.2) is 10.9 Å². The summed E-state index contributed by atoms with van der Waals surface area (Å²) in [6.07, 6.45) is 2.52. The second-order valence-corrected chi connectivity index (χ2v) is 4.91. The van der Waals surface area contributed by atoms with Crippen molar-refractivity contribution in [2.45, 2.75) is 36.2 Å². The van der Waals surface area contributed by atoms with E-state index in [2.05, 4.69) is 26.4 Å². The molecule has 4 atom stereocenters. The van der Waals surface area contributed by atoms with Crippen LogP contribution < -0.4 is 26.4 Å². The van der Waals surface area contributed by atoms with E-state index >= 15 is 0 Å². The summed E-state index contributed by atoms with van der Waals surface area (Å²) in [6, 6.07) is 1.81. The molecule has 5 N–H and O–H groups in total. The van der Waals surface area contributed by atoms with Crippen LogP contribution >= 0.6 is 11.9 Å². The van der Waals surface area contributed by atoms with Gasteiger partial charge >= 0.3 is 0 Å².